The highest BCUT2D eigenvalue weighted by Crippen LogP contribution is 2.24. The molecular formula is C12H14N2O3S. The lowest BCUT2D eigenvalue weighted by Crippen LogP contribution is -2.25. The van der Waals surface area contributed by atoms with Crippen molar-refractivity contribution in [2.24, 2.45) is 0 Å². The standard InChI is InChI=1S/C12H14N2O3S/c1-3-4-7-13-12(15)10-8-9(18-2)5-6-11(10)14(16)17/h3,5-6,8H,1,4,7H2,2H3,(H,13,15). The van der Waals surface area contributed by atoms with Crippen molar-refractivity contribution in [3.63, 3.8) is 0 Å². The van der Waals surface area contributed by atoms with Crippen molar-refractivity contribution in [3.8, 4) is 0 Å². The maximum absolute atomic E-state index is 11.9. The number of hydrogen-bond donors (Lipinski definition) is 1. The molecule has 6 heteroatoms. The Morgan fingerprint density at radius 2 is 2.33 bits per heavy atom. The topological polar surface area (TPSA) is 72.2 Å². The van der Waals surface area contributed by atoms with Crippen LogP contribution in [0.5, 0.6) is 0 Å². The number of thioether (sulfide) groups is 1. The predicted molar refractivity (Wildman–Crippen MR) is 72.0 cm³/mol. The van der Waals surface area contributed by atoms with E-state index in [9.17, 15) is 14.9 Å². The summed E-state index contributed by atoms with van der Waals surface area (Å²) in [5, 5.41) is 13.5. The average molecular weight is 266 g/mol. The molecule has 0 spiro atoms. The summed E-state index contributed by atoms with van der Waals surface area (Å²) in [4.78, 5) is 23.0. The summed E-state index contributed by atoms with van der Waals surface area (Å²) in [6.45, 7) is 3.96. The van der Waals surface area contributed by atoms with Crippen molar-refractivity contribution in [1.82, 2.24) is 5.32 Å². The summed E-state index contributed by atoms with van der Waals surface area (Å²) >= 11 is 1.43. The molecule has 0 heterocycles. The van der Waals surface area contributed by atoms with Gasteiger partial charge >= 0.3 is 0 Å². The van der Waals surface area contributed by atoms with E-state index in [1.807, 2.05) is 6.26 Å². The van der Waals surface area contributed by atoms with Gasteiger partial charge in [-0.2, -0.15) is 0 Å². The van der Waals surface area contributed by atoms with Crippen LogP contribution in [0.2, 0.25) is 0 Å². The number of amides is 1. The largest absolute Gasteiger partial charge is 0.352 e. The van der Waals surface area contributed by atoms with Crippen LogP contribution in [0, 0.1) is 10.1 Å². The highest BCUT2D eigenvalue weighted by atomic mass is 32.2. The minimum atomic E-state index is -0.549. The van der Waals surface area contributed by atoms with Gasteiger partial charge in [-0.15, -0.1) is 18.3 Å². The van der Waals surface area contributed by atoms with E-state index in [-0.39, 0.29) is 11.3 Å². The van der Waals surface area contributed by atoms with E-state index in [2.05, 4.69) is 11.9 Å². The second-order valence-electron chi connectivity index (χ2n) is 3.47. The van der Waals surface area contributed by atoms with Gasteiger partial charge < -0.3 is 5.32 Å². The molecule has 1 aromatic rings. The third-order valence-corrected chi connectivity index (χ3v) is 3.00. The average Bonchev–Trinajstić information content (AvgIpc) is 2.38. The van der Waals surface area contributed by atoms with Gasteiger partial charge in [-0.3, -0.25) is 14.9 Å². The van der Waals surface area contributed by atoms with Gasteiger partial charge in [-0.05, 0) is 24.8 Å². The van der Waals surface area contributed by atoms with Crippen LogP contribution in [0.15, 0.2) is 35.7 Å². The van der Waals surface area contributed by atoms with Crippen LogP contribution in [-0.2, 0) is 0 Å². The first-order chi connectivity index (χ1) is 8.60. The van der Waals surface area contributed by atoms with Gasteiger partial charge in [-0.25, -0.2) is 0 Å². The zero-order valence-electron chi connectivity index (χ0n) is 10.0. The summed E-state index contributed by atoms with van der Waals surface area (Å²) in [6, 6.07) is 4.52. The fourth-order valence-corrected chi connectivity index (χ4v) is 1.81. The number of carbonyl (C=O) groups is 1. The molecule has 96 valence electrons. The lowest BCUT2D eigenvalue weighted by molar-refractivity contribution is -0.385. The second-order valence-corrected chi connectivity index (χ2v) is 4.35. The molecule has 0 aliphatic heterocycles. The number of rotatable bonds is 6. The normalized spacial score (nSPS) is 9.83. The molecule has 0 saturated carbocycles. The minimum Gasteiger partial charge on any atom is -0.352 e. The van der Waals surface area contributed by atoms with Crippen molar-refractivity contribution >= 4 is 23.4 Å². The Balaban J connectivity index is 2.99. The first kappa shape index (κ1) is 14.2. The zero-order valence-corrected chi connectivity index (χ0v) is 10.8. The van der Waals surface area contributed by atoms with E-state index in [1.54, 1.807) is 12.1 Å². The van der Waals surface area contributed by atoms with Gasteiger partial charge in [0.25, 0.3) is 11.6 Å². The van der Waals surface area contributed by atoms with Gasteiger partial charge in [-0.1, -0.05) is 6.08 Å². The van der Waals surface area contributed by atoms with E-state index in [1.165, 1.54) is 23.9 Å². The number of nitro groups is 1. The molecule has 0 atom stereocenters. The van der Waals surface area contributed by atoms with Crippen molar-refractivity contribution in [2.45, 2.75) is 11.3 Å². The van der Waals surface area contributed by atoms with Crippen LogP contribution >= 0.6 is 11.8 Å². The van der Waals surface area contributed by atoms with Crippen LogP contribution in [0.25, 0.3) is 0 Å². The summed E-state index contributed by atoms with van der Waals surface area (Å²) in [5.41, 5.74) is -0.0835. The van der Waals surface area contributed by atoms with Gasteiger partial charge in [0.2, 0.25) is 0 Å². The first-order valence-corrected chi connectivity index (χ1v) is 6.54. The number of benzene rings is 1. The molecule has 0 aromatic heterocycles. The SMILES string of the molecule is C=CCCNC(=O)c1cc(SC)ccc1[N+](=O)[O-]. The predicted octanol–water partition coefficient (Wildman–Crippen LogP) is 2.62. The van der Waals surface area contributed by atoms with Crippen molar-refractivity contribution in [3.05, 3.63) is 46.5 Å². The third kappa shape index (κ3) is 3.59. The van der Waals surface area contributed by atoms with Gasteiger partial charge in [0.05, 0.1) is 4.92 Å². The van der Waals surface area contributed by atoms with Crippen molar-refractivity contribution in [1.29, 1.82) is 0 Å². The van der Waals surface area contributed by atoms with Crippen LogP contribution in [0.4, 0.5) is 5.69 Å². The Kier molecular flexibility index (Phi) is 5.38. The molecule has 0 unspecified atom stereocenters. The van der Waals surface area contributed by atoms with Gasteiger partial charge in [0.1, 0.15) is 5.56 Å². The summed E-state index contributed by atoms with van der Waals surface area (Å²) in [5.74, 6) is -0.431. The van der Waals surface area contributed by atoms with Crippen LogP contribution in [0.3, 0.4) is 0 Å². The van der Waals surface area contributed by atoms with E-state index in [0.717, 1.165) is 4.90 Å². The molecule has 0 saturated heterocycles. The van der Waals surface area contributed by atoms with E-state index >= 15 is 0 Å². The minimum absolute atomic E-state index is 0.0934. The Morgan fingerprint density at radius 3 is 2.89 bits per heavy atom. The molecule has 0 radical (unpaired) electrons. The molecule has 1 N–H and O–H groups in total. The van der Waals surface area contributed by atoms with Gasteiger partial charge in [0, 0.05) is 17.5 Å². The van der Waals surface area contributed by atoms with E-state index in [4.69, 9.17) is 0 Å². The number of carbonyl (C=O) groups excluding carboxylic acids is 1. The summed E-state index contributed by atoms with van der Waals surface area (Å²) in [6.07, 6.45) is 4.15. The number of hydrogen-bond acceptors (Lipinski definition) is 4. The molecule has 18 heavy (non-hydrogen) atoms. The summed E-state index contributed by atoms with van der Waals surface area (Å²) in [7, 11) is 0. The monoisotopic (exact) mass is 266 g/mol. The van der Waals surface area contributed by atoms with Gasteiger partial charge in [0.15, 0.2) is 0 Å². The fourth-order valence-electron chi connectivity index (χ4n) is 1.37. The molecule has 0 bridgehead atoms. The van der Waals surface area contributed by atoms with Crippen LogP contribution in [-0.4, -0.2) is 23.6 Å². The first-order valence-electron chi connectivity index (χ1n) is 5.31. The number of nitrogens with one attached hydrogen (secondary N) is 1. The quantitative estimate of drug-likeness (QED) is 0.282. The highest BCUT2D eigenvalue weighted by molar-refractivity contribution is 7.98. The van der Waals surface area contributed by atoms with Crippen LogP contribution < -0.4 is 5.32 Å². The lowest BCUT2D eigenvalue weighted by atomic mass is 10.1. The zero-order chi connectivity index (χ0) is 13.5. The molecule has 0 aliphatic carbocycles. The molecule has 1 rings (SSSR count). The number of nitro benzene ring substituents is 1. The molecule has 0 aliphatic rings. The van der Waals surface area contributed by atoms with E-state index < -0.39 is 10.8 Å². The molecule has 1 amide bonds. The molecule has 5 nitrogen and oxygen atoms in total. The van der Waals surface area contributed by atoms with Crippen molar-refractivity contribution < 1.29 is 9.72 Å². The maximum atomic E-state index is 11.9. The molecule has 0 fully saturated rings. The smallest absolute Gasteiger partial charge is 0.282 e. The molecule has 1 aromatic carbocycles. The third-order valence-electron chi connectivity index (χ3n) is 2.28. The second kappa shape index (κ2) is 6.80. The van der Waals surface area contributed by atoms with Crippen molar-refractivity contribution in [2.75, 3.05) is 12.8 Å². The Morgan fingerprint density at radius 1 is 1.61 bits per heavy atom. The lowest BCUT2D eigenvalue weighted by Gasteiger charge is -2.06. The number of nitrogens with zero attached hydrogens (tertiary/aromatic N) is 1. The Labute approximate surface area is 109 Å². The highest BCUT2D eigenvalue weighted by Gasteiger charge is 2.20. The summed E-state index contributed by atoms with van der Waals surface area (Å²) < 4.78 is 0. The Bertz CT molecular complexity index is 474. The molecular weight excluding hydrogens is 252 g/mol. The maximum Gasteiger partial charge on any atom is 0.282 e. The van der Waals surface area contributed by atoms with Crippen LogP contribution in [0.1, 0.15) is 16.8 Å². The van der Waals surface area contributed by atoms with E-state index in [0.29, 0.717) is 13.0 Å². The Hall–Kier alpha value is -1.82. The fraction of sp³-hybridized carbons (Fsp3) is 0.250.